The van der Waals surface area contributed by atoms with E-state index in [0.29, 0.717) is 18.7 Å². The molecule has 0 aromatic heterocycles. The van der Waals surface area contributed by atoms with Crippen molar-refractivity contribution in [1.29, 1.82) is 0 Å². The Balaban J connectivity index is 2.31. The van der Waals surface area contributed by atoms with Crippen LogP contribution in [0.2, 0.25) is 0 Å². The van der Waals surface area contributed by atoms with Crippen molar-refractivity contribution >= 4 is 27.6 Å². The van der Waals surface area contributed by atoms with Crippen LogP contribution in [-0.4, -0.2) is 32.9 Å². The number of carbonyl (C=O) groups is 2. The molecule has 0 spiro atoms. The van der Waals surface area contributed by atoms with Gasteiger partial charge in [-0.15, -0.1) is 0 Å². The Morgan fingerprint density at radius 2 is 2.05 bits per heavy atom. The van der Waals surface area contributed by atoms with Crippen LogP contribution >= 0.6 is 0 Å². The lowest BCUT2D eigenvalue weighted by atomic mass is 10.2. The summed E-state index contributed by atoms with van der Waals surface area (Å²) in [5.74, 6) is -1.60. The van der Waals surface area contributed by atoms with Crippen molar-refractivity contribution in [3.05, 3.63) is 23.8 Å². The summed E-state index contributed by atoms with van der Waals surface area (Å²) in [6, 6.07) is 3.05. The number of carboxylic acids is 1. The maximum Gasteiger partial charge on any atom is 0.241 e. The van der Waals surface area contributed by atoms with Crippen molar-refractivity contribution < 1.29 is 23.1 Å². The molecule has 2 rings (SSSR count). The number of hydrogen-bond donors (Lipinski definition) is 1. The zero-order valence-electron chi connectivity index (χ0n) is 11.6. The SMILES string of the molecule is CC(=O)N1CCc2cc(S(=O)(=O)NC(C)C(=O)[O-])ccc21. The van der Waals surface area contributed by atoms with Crippen LogP contribution in [-0.2, 0) is 26.0 Å². The Hall–Kier alpha value is -1.93. The molecule has 7 nitrogen and oxygen atoms in total. The van der Waals surface area contributed by atoms with Crippen molar-refractivity contribution in [2.24, 2.45) is 0 Å². The van der Waals surface area contributed by atoms with Crippen LogP contribution in [0.1, 0.15) is 19.4 Å². The van der Waals surface area contributed by atoms with Crippen LogP contribution in [0.15, 0.2) is 23.1 Å². The lowest BCUT2D eigenvalue weighted by molar-refractivity contribution is -0.307. The predicted octanol–water partition coefficient (Wildman–Crippen LogP) is -0.988. The Morgan fingerprint density at radius 1 is 1.38 bits per heavy atom. The second-order valence-electron chi connectivity index (χ2n) is 4.87. The smallest absolute Gasteiger partial charge is 0.241 e. The fourth-order valence-electron chi connectivity index (χ4n) is 2.22. The third-order valence-corrected chi connectivity index (χ3v) is 4.86. The summed E-state index contributed by atoms with van der Waals surface area (Å²) in [6.45, 7) is 3.15. The highest BCUT2D eigenvalue weighted by Crippen LogP contribution is 2.30. The minimum absolute atomic E-state index is 0.0280. The minimum Gasteiger partial charge on any atom is -0.548 e. The van der Waals surface area contributed by atoms with Gasteiger partial charge in [0.05, 0.1) is 16.9 Å². The molecule has 0 saturated heterocycles. The monoisotopic (exact) mass is 311 g/mol. The van der Waals surface area contributed by atoms with Crippen LogP contribution in [0, 0.1) is 0 Å². The van der Waals surface area contributed by atoms with E-state index in [1.54, 1.807) is 11.0 Å². The van der Waals surface area contributed by atoms with Gasteiger partial charge in [0.2, 0.25) is 15.9 Å². The number of aliphatic carboxylic acids is 1. The highest BCUT2D eigenvalue weighted by molar-refractivity contribution is 7.89. The highest BCUT2D eigenvalue weighted by atomic mass is 32.2. The molecular weight excluding hydrogens is 296 g/mol. The van der Waals surface area contributed by atoms with Gasteiger partial charge in [-0.1, -0.05) is 0 Å². The molecule has 21 heavy (non-hydrogen) atoms. The molecule has 1 aromatic carbocycles. The summed E-state index contributed by atoms with van der Waals surface area (Å²) in [5.41, 5.74) is 1.43. The number of nitrogens with zero attached hydrogens (tertiary/aromatic N) is 1. The average Bonchev–Trinajstić information content (AvgIpc) is 2.80. The van der Waals surface area contributed by atoms with E-state index in [4.69, 9.17) is 0 Å². The summed E-state index contributed by atoms with van der Waals surface area (Å²) in [6.07, 6.45) is 0.564. The number of amides is 1. The molecule has 0 fully saturated rings. The maximum absolute atomic E-state index is 12.1. The zero-order valence-corrected chi connectivity index (χ0v) is 12.4. The molecule has 1 aliphatic rings. The van der Waals surface area contributed by atoms with Crippen molar-refractivity contribution in [3.8, 4) is 0 Å². The molecule has 0 bridgehead atoms. The first-order chi connectivity index (χ1) is 9.72. The molecule has 1 unspecified atom stereocenters. The third kappa shape index (κ3) is 3.06. The number of hydrogen-bond acceptors (Lipinski definition) is 5. The standard InChI is InChI=1S/C13H16N2O5S/c1-8(13(17)18)14-21(19,20)11-3-4-12-10(7-11)5-6-15(12)9(2)16/h3-4,7-8,14H,5-6H2,1-2H3,(H,17,18)/p-1. The molecule has 1 N–H and O–H groups in total. The van der Waals surface area contributed by atoms with E-state index >= 15 is 0 Å². The molecule has 0 saturated carbocycles. The molecular formula is C13H15N2O5S-. The van der Waals surface area contributed by atoms with E-state index in [-0.39, 0.29) is 10.8 Å². The minimum atomic E-state index is -3.94. The second kappa shape index (κ2) is 5.45. The van der Waals surface area contributed by atoms with E-state index in [1.165, 1.54) is 26.0 Å². The van der Waals surface area contributed by atoms with Gasteiger partial charge in [0.25, 0.3) is 0 Å². The fourth-order valence-corrected chi connectivity index (χ4v) is 3.46. The van der Waals surface area contributed by atoms with Gasteiger partial charge < -0.3 is 14.8 Å². The molecule has 0 aliphatic carbocycles. The van der Waals surface area contributed by atoms with Gasteiger partial charge in [-0.25, -0.2) is 13.1 Å². The van der Waals surface area contributed by atoms with Gasteiger partial charge in [-0.2, -0.15) is 0 Å². The number of rotatable bonds is 4. The number of nitrogens with one attached hydrogen (secondary N) is 1. The first-order valence-corrected chi connectivity index (χ1v) is 7.85. The van der Waals surface area contributed by atoms with Gasteiger partial charge in [-0.05, 0) is 37.1 Å². The van der Waals surface area contributed by atoms with Crippen LogP contribution in [0.4, 0.5) is 5.69 Å². The van der Waals surface area contributed by atoms with Gasteiger partial charge in [0.1, 0.15) is 0 Å². The summed E-state index contributed by atoms with van der Waals surface area (Å²) in [4.78, 5) is 23.6. The number of carboxylic acid groups (broad SMARTS) is 1. The van der Waals surface area contributed by atoms with Crippen LogP contribution < -0.4 is 14.7 Å². The van der Waals surface area contributed by atoms with Gasteiger partial charge in [-0.3, -0.25) is 4.79 Å². The van der Waals surface area contributed by atoms with Gasteiger partial charge >= 0.3 is 0 Å². The highest BCUT2D eigenvalue weighted by Gasteiger charge is 2.25. The maximum atomic E-state index is 12.1. The number of fused-ring (bicyclic) bond motifs is 1. The molecule has 0 radical (unpaired) electrons. The fraction of sp³-hybridized carbons (Fsp3) is 0.385. The summed E-state index contributed by atoms with van der Waals surface area (Å²) >= 11 is 0. The predicted molar refractivity (Wildman–Crippen MR) is 73.0 cm³/mol. The van der Waals surface area contributed by atoms with Crippen molar-refractivity contribution in [1.82, 2.24) is 4.72 Å². The normalized spacial score (nSPS) is 15.6. The van der Waals surface area contributed by atoms with E-state index in [2.05, 4.69) is 0 Å². The van der Waals surface area contributed by atoms with Crippen molar-refractivity contribution in [2.45, 2.75) is 31.2 Å². The molecule has 1 aromatic rings. The Kier molecular flexibility index (Phi) is 4.02. The Bertz CT molecular complexity index is 699. The van der Waals surface area contributed by atoms with E-state index in [1.807, 2.05) is 4.72 Å². The van der Waals surface area contributed by atoms with Gasteiger partial charge in [0.15, 0.2) is 0 Å². The third-order valence-electron chi connectivity index (χ3n) is 3.32. The number of anilines is 1. The summed E-state index contributed by atoms with van der Waals surface area (Å²) in [5, 5.41) is 10.6. The zero-order chi connectivity index (χ0) is 15.8. The number of benzene rings is 1. The molecule has 1 amide bonds. The lowest BCUT2D eigenvalue weighted by Crippen LogP contribution is -2.45. The lowest BCUT2D eigenvalue weighted by Gasteiger charge is -2.17. The number of sulfonamides is 1. The Labute approximate surface area is 122 Å². The van der Waals surface area contributed by atoms with E-state index in [9.17, 15) is 23.1 Å². The van der Waals surface area contributed by atoms with Crippen LogP contribution in [0.25, 0.3) is 0 Å². The summed E-state index contributed by atoms with van der Waals surface area (Å²) < 4.78 is 26.2. The first kappa shape index (κ1) is 15.5. The van der Waals surface area contributed by atoms with Crippen molar-refractivity contribution in [2.75, 3.05) is 11.4 Å². The molecule has 1 aliphatic heterocycles. The van der Waals surface area contributed by atoms with E-state index in [0.717, 1.165) is 5.56 Å². The summed E-state index contributed by atoms with van der Waals surface area (Å²) in [7, 11) is -3.94. The first-order valence-electron chi connectivity index (χ1n) is 6.36. The van der Waals surface area contributed by atoms with Gasteiger partial charge in [0, 0.05) is 19.2 Å². The molecule has 114 valence electrons. The average molecular weight is 311 g/mol. The number of carbonyl (C=O) groups excluding carboxylic acids is 2. The second-order valence-corrected chi connectivity index (χ2v) is 6.59. The largest absolute Gasteiger partial charge is 0.548 e. The molecule has 8 heteroatoms. The molecule has 1 heterocycles. The Morgan fingerprint density at radius 3 is 2.62 bits per heavy atom. The van der Waals surface area contributed by atoms with Crippen molar-refractivity contribution in [3.63, 3.8) is 0 Å². The van der Waals surface area contributed by atoms with E-state index < -0.39 is 22.0 Å². The topological polar surface area (TPSA) is 107 Å². The quantitative estimate of drug-likeness (QED) is 0.768. The van der Waals surface area contributed by atoms with Crippen LogP contribution in [0.5, 0.6) is 0 Å². The van der Waals surface area contributed by atoms with Crippen LogP contribution in [0.3, 0.4) is 0 Å². The molecule has 1 atom stereocenters.